The Morgan fingerprint density at radius 3 is 2.81 bits per heavy atom. The van der Waals surface area contributed by atoms with Crippen LogP contribution in [0.1, 0.15) is 19.3 Å². The van der Waals surface area contributed by atoms with Gasteiger partial charge in [-0.1, -0.05) is 0 Å². The van der Waals surface area contributed by atoms with Crippen LogP contribution in [-0.4, -0.2) is 34.2 Å². The maximum absolute atomic E-state index is 11.1. The van der Waals surface area contributed by atoms with Gasteiger partial charge in [-0.2, -0.15) is 0 Å². The van der Waals surface area contributed by atoms with Crippen molar-refractivity contribution >= 4 is 22.3 Å². The maximum Gasteiger partial charge on any atom is 0.278 e. The number of hydrogen-bond donors (Lipinski definition) is 1. The van der Waals surface area contributed by atoms with Crippen LogP contribution >= 0.6 is 0 Å². The smallest absolute Gasteiger partial charge is 0.278 e. The molecule has 0 radical (unpaired) electrons. The molecule has 0 spiro atoms. The summed E-state index contributed by atoms with van der Waals surface area (Å²) in [5.74, 6) is 0. The first-order valence-corrected chi connectivity index (χ1v) is 7.12. The minimum atomic E-state index is -0.381. The molecule has 0 bridgehead atoms. The molecular weight excluding hydrogens is 270 g/mol. The fourth-order valence-corrected chi connectivity index (χ4v) is 2.84. The summed E-state index contributed by atoms with van der Waals surface area (Å²) in [7, 11) is 0. The van der Waals surface area contributed by atoms with E-state index in [4.69, 9.17) is 0 Å². The van der Waals surface area contributed by atoms with Gasteiger partial charge in [0.1, 0.15) is 5.52 Å². The molecule has 0 unspecified atom stereocenters. The van der Waals surface area contributed by atoms with Crippen LogP contribution in [0.15, 0.2) is 30.5 Å². The van der Waals surface area contributed by atoms with Crippen molar-refractivity contribution in [3.8, 4) is 0 Å². The molecule has 1 aliphatic carbocycles. The molecule has 0 aliphatic heterocycles. The zero-order chi connectivity index (χ0) is 14.8. The second-order valence-electron chi connectivity index (χ2n) is 5.26. The van der Waals surface area contributed by atoms with Gasteiger partial charge in [-0.15, -0.1) is 0 Å². The second-order valence-corrected chi connectivity index (χ2v) is 5.26. The van der Waals surface area contributed by atoms with Crippen molar-refractivity contribution in [1.29, 1.82) is 0 Å². The van der Waals surface area contributed by atoms with Crippen LogP contribution in [-0.2, 0) is 0 Å². The summed E-state index contributed by atoms with van der Waals surface area (Å²) in [5.41, 5.74) is 1.57. The molecule has 1 saturated carbocycles. The number of aliphatic hydroxyl groups excluding tert-OH is 1. The van der Waals surface area contributed by atoms with Gasteiger partial charge in [-0.3, -0.25) is 15.1 Å². The van der Waals surface area contributed by atoms with Crippen molar-refractivity contribution in [1.82, 2.24) is 4.98 Å². The molecule has 1 fully saturated rings. The number of nitro benzene ring substituents is 1. The molecule has 21 heavy (non-hydrogen) atoms. The largest absolute Gasteiger partial charge is 0.395 e. The van der Waals surface area contributed by atoms with Crippen LogP contribution in [0.4, 0.5) is 11.4 Å². The van der Waals surface area contributed by atoms with E-state index in [-0.39, 0.29) is 17.2 Å². The summed E-state index contributed by atoms with van der Waals surface area (Å²) in [6.07, 6.45) is 5.01. The number of fused-ring (bicyclic) bond motifs is 1. The zero-order valence-electron chi connectivity index (χ0n) is 11.6. The Labute approximate surface area is 122 Å². The molecule has 1 aliphatic rings. The number of anilines is 1. The molecule has 0 atom stereocenters. The van der Waals surface area contributed by atoms with Gasteiger partial charge in [-0.25, -0.2) is 0 Å². The highest BCUT2D eigenvalue weighted by Crippen LogP contribution is 2.36. The number of rotatable bonds is 5. The monoisotopic (exact) mass is 287 g/mol. The topological polar surface area (TPSA) is 79.5 Å². The lowest BCUT2D eigenvalue weighted by Gasteiger charge is -2.39. The van der Waals surface area contributed by atoms with Gasteiger partial charge in [0.05, 0.1) is 22.6 Å². The van der Waals surface area contributed by atoms with Crippen LogP contribution in [0, 0.1) is 10.1 Å². The predicted molar refractivity (Wildman–Crippen MR) is 80.5 cm³/mol. The summed E-state index contributed by atoms with van der Waals surface area (Å²) in [4.78, 5) is 17.2. The second kappa shape index (κ2) is 5.65. The minimum absolute atomic E-state index is 0.0574. The normalized spacial score (nSPS) is 14.9. The van der Waals surface area contributed by atoms with Crippen LogP contribution in [0.2, 0.25) is 0 Å². The summed E-state index contributed by atoms with van der Waals surface area (Å²) in [6.45, 7) is 0.579. The third kappa shape index (κ3) is 2.42. The minimum Gasteiger partial charge on any atom is -0.395 e. The van der Waals surface area contributed by atoms with Crippen molar-refractivity contribution in [2.24, 2.45) is 0 Å². The molecule has 0 amide bonds. The third-order valence-electron chi connectivity index (χ3n) is 4.09. The molecule has 2 aromatic rings. The van der Waals surface area contributed by atoms with Gasteiger partial charge in [0, 0.05) is 24.8 Å². The van der Waals surface area contributed by atoms with Crippen molar-refractivity contribution in [2.45, 2.75) is 25.3 Å². The van der Waals surface area contributed by atoms with E-state index in [1.165, 1.54) is 12.5 Å². The molecule has 110 valence electrons. The van der Waals surface area contributed by atoms with Crippen molar-refractivity contribution in [2.75, 3.05) is 18.1 Å². The SMILES string of the molecule is O=[N+]([O-])c1ccc(N(CCO)C2CCC2)c2ncccc12. The fraction of sp³-hybridized carbons (Fsp3) is 0.400. The van der Waals surface area contributed by atoms with Crippen molar-refractivity contribution in [3.05, 3.63) is 40.6 Å². The Bertz CT molecular complexity index is 670. The Hall–Kier alpha value is -2.21. The first-order chi connectivity index (χ1) is 10.2. The van der Waals surface area contributed by atoms with E-state index < -0.39 is 0 Å². The lowest BCUT2D eigenvalue weighted by Crippen LogP contribution is -2.42. The summed E-state index contributed by atoms with van der Waals surface area (Å²) in [5, 5.41) is 21.0. The predicted octanol–water partition coefficient (Wildman–Crippen LogP) is 2.49. The van der Waals surface area contributed by atoms with E-state index in [9.17, 15) is 15.2 Å². The highest BCUT2D eigenvalue weighted by Gasteiger charge is 2.27. The summed E-state index contributed by atoms with van der Waals surface area (Å²) in [6, 6.07) is 7.11. The number of nitro groups is 1. The maximum atomic E-state index is 11.1. The molecule has 6 nitrogen and oxygen atoms in total. The van der Waals surface area contributed by atoms with Crippen molar-refractivity contribution < 1.29 is 10.0 Å². The zero-order valence-corrected chi connectivity index (χ0v) is 11.6. The van der Waals surface area contributed by atoms with Crippen LogP contribution in [0.3, 0.4) is 0 Å². The molecule has 0 saturated heterocycles. The number of aromatic nitrogens is 1. The quantitative estimate of drug-likeness (QED) is 0.675. The first-order valence-electron chi connectivity index (χ1n) is 7.12. The molecule has 1 heterocycles. The lowest BCUT2D eigenvalue weighted by molar-refractivity contribution is -0.383. The van der Waals surface area contributed by atoms with E-state index in [2.05, 4.69) is 9.88 Å². The number of nitrogens with zero attached hydrogens (tertiary/aromatic N) is 3. The van der Waals surface area contributed by atoms with E-state index >= 15 is 0 Å². The third-order valence-corrected chi connectivity index (χ3v) is 4.09. The Kier molecular flexibility index (Phi) is 3.70. The Morgan fingerprint density at radius 2 is 2.19 bits per heavy atom. The highest BCUT2D eigenvalue weighted by atomic mass is 16.6. The Balaban J connectivity index is 2.13. The molecule has 6 heteroatoms. The number of non-ortho nitro benzene ring substituents is 1. The standard InChI is InChI=1S/C15H17N3O3/c19-10-9-17(11-3-1-4-11)14-7-6-13(18(20)21)12-5-2-8-16-15(12)14/h2,5-8,11,19H,1,3-4,9-10H2. The fourth-order valence-electron chi connectivity index (χ4n) is 2.84. The molecule has 3 rings (SSSR count). The van der Waals surface area contributed by atoms with Crippen LogP contribution in [0.5, 0.6) is 0 Å². The van der Waals surface area contributed by atoms with Gasteiger partial charge in [0.25, 0.3) is 5.69 Å². The van der Waals surface area contributed by atoms with Gasteiger partial charge in [0.15, 0.2) is 0 Å². The number of aliphatic hydroxyl groups is 1. The number of pyridine rings is 1. The molecule has 1 N–H and O–H groups in total. The van der Waals surface area contributed by atoms with E-state index in [1.54, 1.807) is 24.4 Å². The van der Waals surface area contributed by atoms with Crippen LogP contribution < -0.4 is 4.90 Å². The van der Waals surface area contributed by atoms with Crippen molar-refractivity contribution in [3.63, 3.8) is 0 Å². The van der Waals surface area contributed by atoms with E-state index in [0.29, 0.717) is 23.5 Å². The first kappa shape index (κ1) is 13.8. The van der Waals surface area contributed by atoms with E-state index in [0.717, 1.165) is 18.5 Å². The molecular formula is C15H17N3O3. The summed E-state index contributed by atoms with van der Waals surface area (Å²) >= 11 is 0. The Morgan fingerprint density at radius 1 is 1.38 bits per heavy atom. The molecule has 1 aromatic heterocycles. The van der Waals surface area contributed by atoms with Crippen LogP contribution in [0.25, 0.3) is 10.9 Å². The summed E-state index contributed by atoms with van der Waals surface area (Å²) < 4.78 is 0. The van der Waals surface area contributed by atoms with Gasteiger partial charge in [0.2, 0.25) is 0 Å². The van der Waals surface area contributed by atoms with Gasteiger partial charge < -0.3 is 10.0 Å². The lowest BCUT2D eigenvalue weighted by atomic mass is 9.90. The average Bonchev–Trinajstić information content (AvgIpc) is 2.43. The number of hydrogen-bond acceptors (Lipinski definition) is 5. The average molecular weight is 287 g/mol. The highest BCUT2D eigenvalue weighted by molar-refractivity contribution is 5.97. The van der Waals surface area contributed by atoms with Gasteiger partial charge >= 0.3 is 0 Å². The van der Waals surface area contributed by atoms with Gasteiger partial charge in [-0.05, 0) is 37.5 Å². The van der Waals surface area contributed by atoms with E-state index in [1.807, 2.05) is 0 Å². The number of benzene rings is 1. The molecule has 1 aromatic carbocycles.